The van der Waals surface area contributed by atoms with Gasteiger partial charge in [0.1, 0.15) is 0 Å². The van der Waals surface area contributed by atoms with E-state index in [4.69, 9.17) is 0 Å². The number of unbranched alkanes of at least 4 members (excludes halogenated alkanes) is 7. The van der Waals surface area contributed by atoms with E-state index in [0.717, 1.165) is 25.2 Å². The van der Waals surface area contributed by atoms with Gasteiger partial charge in [-0.05, 0) is 24.8 Å². The lowest BCUT2D eigenvalue weighted by Gasteiger charge is -2.12. The molecule has 0 saturated heterocycles. The summed E-state index contributed by atoms with van der Waals surface area (Å²) in [6.45, 7) is 2.27. The summed E-state index contributed by atoms with van der Waals surface area (Å²) in [6, 6.07) is 0. The molecule has 1 atom stereocenters. The van der Waals surface area contributed by atoms with Gasteiger partial charge in [0.25, 0.3) is 0 Å². The van der Waals surface area contributed by atoms with Gasteiger partial charge < -0.3 is 0 Å². The Morgan fingerprint density at radius 1 is 1.06 bits per heavy atom. The van der Waals surface area contributed by atoms with Gasteiger partial charge in [-0.15, -0.1) is 0 Å². The zero-order valence-electron chi connectivity index (χ0n) is 12.1. The van der Waals surface area contributed by atoms with Crippen LogP contribution in [0.2, 0.25) is 0 Å². The molecule has 0 aromatic heterocycles. The van der Waals surface area contributed by atoms with Gasteiger partial charge in [-0.1, -0.05) is 70.8 Å². The first-order valence-corrected chi connectivity index (χ1v) is 8.02. The molecule has 0 bridgehead atoms. The standard InChI is InChI=1S/C17H30O/c1-2-3-4-5-6-7-8-9-11-16-12-10-13-17(18)15-14-16/h10,13,16H,2-9,11-12,14-15H2,1H3. The Bertz CT molecular complexity index is 242. The molecule has 1 nitrogen and oxygen atoms in total. The number of allylic oxidation sites excluding steroid dienone is 2. The van der Waals surface area contributed by atoms with Gasteiger partial charge in [0, 0.05) is 6.42 Å². The predicted molar refractivity (Wildman–Crippen MR) is 78.7 cm³/mol. The van der Waals surface area contributed by atoms with Crippen LogP contribution in [0.1, 0.15) is 84.0 Å². The average molecular weight is 250 g/mol. The van der Waals surface area contributed by atoms with Crippen LogP contribution in [0.4, 0.5) is 0 Å². The summed E-state index contributed by atoms with van der Waals surface area (Å²) in [5.74, 6) is 1.10. The molecule has 0 amide bonds. The van der Waals surface area contributed by atoms with Crippen molar-refractivity contribution < 1.29 is 4.79 Å². The number of rotatable bonds is 9. The van der Waals surface area contributed by atoms with Gasteiger partial charge in [0.05, 0.1) is 0 Å². The molecule has 0 aromatic rings. The van der Waals surface area contributed by atoms with E-state index in [1.165, 1.54) is 57.8 Å². The number of ketones is 1. The third kappa shape index (κ3) is 7.68. The van der Waals surface area contributed by atoms with Crippen molar-refractivity contribution in [2.75, 3.05) is 0 Å². The number of carbonyl (C=O) groups excluding carboxylic acids is 1. The van der Waals surface area contributed by atoms with Crippen LogP contribution >= 0.6 is 0 Å². The second-order valence-corrected chi connectivity index (χ2v) is 5.77. The van der Waals surface area contributed by atoms with Gasteiger partial charge in [-0.3, -0.25) is 4.79 Å². The average Bonchev–Trinajstić information content (AvgIpc) is 2.58. The highest BCUT2D eigenvalue weighted by Crippen LogP contribution is 2.23. The van der Waals surface area contributed by atoms with Crippen molar-refractivity contribution in [3.63, 3.8) is 0 Å². The zero-order chi connectivity index (χ0) is 13.1. The maximum atomic E-state index is 11.2. The molecule has 0 N–H and O–H groups in total. The normalized spacial score (nSPS) is 20.1. The molecule has 0 fully saturated rings. The van der Waals surface area contributed by atoms with Crippen molar-refractivity contribution in [3.8, 4) is 0 Å². The fraction of sp³-hybridized carbons (Fsp3) is 0.824. The first-order chi connectivity index (χ1) is 8.83. The van der Waals surface area contributed by atoms with Crippen molar-refractivity contribution in [1.29, 1.82) is 0 Å². The molecule has 0 saturated carbocycles. The summed E-state index contributed by atoms with van der Waals surface area (Å²) < 4.78 is 0. The van der Waals surface area contributed by atoms with Crippen LogP contribution in [0.15, 0.2) is 12.2 Å². The van der Waals surface area contributed by atoms with Gasteiger partial charge in [0.15, 0.2) is 5.78 Å². The van der Waals surface area contributed by atoms with E-state index < -0.39 is 0 Å². The molecule has 104 valence electrons. The molecule has 18 heavy (non-hydrogen) atoms. The van der Waals surface area contributed by atoms with Crippen molar-refractivity contribution in [2.45, 2.75) is 84.0 Å². The Labute approximate surface area is 113 Å². The summed E-state index contributed by atoms with van der Waals surface area (Å²) in [5, 5.41) is 0. The first-order valence-electron chi connectivity index (χ1n) is 8.02. The highest BCUT2D eigenvalue weighted by molar-refractivity contribution is 5.89. The van der Waals surface area contributed by atoms with Gasteiger partial charge in [0.2, 0.25) is 0 Å². The van der Waals surface area contributed by atoms with Crippen LogP contribution in [-0.4, -0.2) is 5.78 Å². The minimum atomic E-state index is 0.327. The van der Waals surface area contributed by atoms with Crippen LogP contribution in [0.3, 0.4) is 0 Å². The molecule has 1 unspecified atom stereocenters. The van der Waals surface area contributed by atoms with E-state index in [9.17, 15) is 4.79 Å². The molecule has 0 heterocycles. The van der Waals surface area contributed by atoms with Crippen LogP contribution in [-0.2, 0) is 4.79 Å². The van der Waals surface area contributed by atoms with Crippen LogP contribution in [0.5, 0.6) is 0 Å². The summed E-state index contributed by atoms with van der Waals surface area (Å²) in [7, 11) is 0. The Kier molecular flexibility index (Phi) is 8.89. The van der Waals surface area contributed by atoms with Crippen molar-refractivity contribution in [1.82, 2.24) is 0 Å². The van der Waals surface area contributed by atoms with E-state index in [1.807, 2.05) is 0 Å². The molecule has 1 aliphatic rings. The molecule has 1 heteroatoms. The van der Waals surface area contributed by atoms with E-state index in [-0.39, 0.29) is 0 Å². The Morgan fingerprint density at radius 2 is 1.72 bits per heavy atom. The van der Waals surface area contributed by atoms with Crippen molar-refractivity contribution in [3.05, 3.63) is 12.2 Å². The third-order valence-electron chi connectivity index (χ3n) is 4.04. The molecule has 0 radical (unpaired) electrons. The molecule has 1 rings (SSSR count). The van der Waals surface area contributed by atoms with E-state index in [2.05, 4.69) is 13.0 Å². The maximum absolute atomic E-state index is 11.2. The monoisotopic (exact) mass is 250 g/mol. The van der Waals surface area contributed by atoms with E-state index in [1.54, 1.807) is 6.08 Å². The molecule has 0 aromatic carbocycles. The minimum Gasteiger partial charge on any atom is -0.295 e. The lowest BCUT2D eigenvalue weighted by molar-refractivity contribution is -0.114. The van der Waals surface area contributed by atoms with Gasteiger partial charge in [-0.25, -0.2) is 0 Å². The van der Waals surface area contributed by atoms with E-state index >= 15 is 0 Å². The lowest BCUT2D eigenvalue weighted by Crippen LogP contribution is -2.00. The quantitative estimate of drug-likeness (QED) is 0.498. The van der Waals surface area contributed by atoms with Gasteiger partial charge >= 0.3 is 0 Å². The van der Waals surface area contributed by atoms with Crippen LogP contribution in [0.25, 0.3) is 0 Å². The fourth-order valence-corrected chi connectivity index (χ4v) is 2.77. The topological polar surface area (TPSA) is 17.1 Å². The summed E-state index contributed by atoms with van der Waals surface area (Å²) in [5.41, 5.74) is 0. The summed E-state index contributed by atoms with van der Waals surface area (Å²) >= 11 is 0. The summed E-state index contributed by atoms with van der Waals surface area (Å²) in [6.07, 6.45) is 19.4. The lowest BCUT2D eigenvalue weighted by atomic mass is 9.94. The Morgan fingerprint density at radius 3 is 2.44 bits per heavy atom. The van der Waals surface area contributed by atoms with E-state index in [0.29, 0.717) is 5.78 Å². The second kappa shape index (κ2) is 10.3. The molecular formula is C17H30O. The molecular weight excluding hydrogens is 220 g/mol. The second-order valence-electron chi connectivity index (χ2n) is 5.77. The summed E-state index contributed by atoms with van der Waals surface area (Å²) in [4.78, 5) is 11.2. The third-order valence-corrected chi connectivity index (χ3v) is 4.04. The highest BCUT2D eigenvalue weighted by Gasteiger charge is 2.12. The number of hydrogen-bond acceptors (Lipinski definition) is 1. The number of hydrogen-bond donors (Lipinski definition) is 0. The van der Waals surface area contributed by atoms with Crippen molar-refractivity contribution >= 4 is 5.78 Å². The zero-order valence-corrected chi connectivity index (χ0v) is 12.1. The van der Waals surface area contributed by atoms with Crippen LogP contribution < -0.4 is 0 Å². The van der Waals surface area contributed by atoms with Crippen molar-refractivity contribution in [2.24, 2.45) is 5.92 Å². The smallest absolute Gasteiger partial charge is 0.155 e. The maximum Gasteiger partial charge on any atom is 0.155 e. The Hall–Kier alpha value is -0.590. The minimum absolute atomic E-state index is 0.327. The van der Waals surface area contributed by atoms with Crippen LogP contribution in [0, 0.1) is 5.92 Å². The molecule has 1 aliphatic carbocycles. The highest BCUT2D eigenvalue weighted by atomic mass is 16.1. The predicted octanol–water partition coefficient (Wildman–Crippen LogP) is 5.44. The van der Waals surface area contributed by atoms with Gasteiger partial charge in [-0.2, -0.15) is 0 Å². The molecule has 0 aliphatic heterocycles. The fourth-order valence-electron chi connectivity index (χ4n) is 2.77. The first kappa shape index (κ1) is 15.5. The SMILES string of the molecule is CCCCCCCCCCC1CC=CC(=O)CC1. The Balaban J connectivity index is 1.91. The molecule has 0 spiro atoms. The largest absolute Gasteiger partial charge is 0.295 e. The number of carbonyl (C=O) groups is 1.